The van der Waals surface area contributed by atoms with Crippen LogP contribution in [0.5, 0.6) is 17.2 Å². The van der Waals surface area contributed by atoms with Crippen molar-refractivity contribution >= 4 is 11.6 Å². The van der Waals surface area contributed by atoms with Crippen LogP contribution in [0.15, 0.2) is 60.9 Å². The van der Waals surface area contributed by atoms with Gasteiger partial charge in [-0.2, -0.15) is 0 Å². The molecule has 1 amide bonds. The van der Waals surface area contributed by atoms with Gasteiger partial charge in [0.25, 0.3) is 5.91 Å². The van der Waals surface area contributed by atoms with Gasteiger partial charge in [0.1, 0.15) is 31.4 Å². The number of fused-ring (bicyclic) bond motifs is 1. The van der Waals surface area contributed by atoms with Gasteiger partial charge in [0.15, 0.2) is 11.5 Å². The number of benzene rings is 2. The fourth-order valence-corrected chi connectivity index (χ4v) is 4.08. The Kier molecular flexibility index (Phi) is 5.71. The first-order chi connectivity index (χ1) is 16.5. The summed E-state index contributed by atoms with van der Waals surface area (Å²) in [5.41, 5.74) is 4.03. The number of aromatic nitrogens is 3. The monoisotopic (exact) mass is 458 g/mol. The predicted octanol–water partition coefficient (Wildman–Crippen LogP) is 4.43. The SMILES string of the molecule is Cc1cc(C(=O)Nc2ccc(OCc3nccn3C)cc2)c(C)n1-c1ccc2c(c1)OCCO2. The second-order valence-electron chi connectivity index (χ2n) is 8.17. The Labute approximate surface area is 197 Å². The van der Waals surface area contributed by atoms with Crippen molar-refractivity contribution in [1.82, 2.24) is 14.1 Å². The summed E-state index contributed by atoms with van der Waals surface area (Å²) in [6, 6.07) is 15.0. The molecule has 4 aromatic rings. The van der Waals surface area contributed by atoms with Crippen LogP contribution in [-0.2, 0) is 13.7 Å². The maximum absolute atomic E-state index is 13.1. The summed E-state index contributed by atoms with van der Waals surface area (Å²) in [4.78, 5) is 17.3. The molecule has 0 fully saturated rings. The number of nitrogens with zero attached hydrogens (tertiary/aromatic N) is 3. The summed E-state index contributed by atoms with van der Waals surface area (Å²) in [5, 5.41) is 2.98. The van der Waals surface area contributed by atoms with Crippen LogP contribution in [-0.4, -0.2) is 33.2 Å². The molecule has 0 unspecified atom stereocenters. The number of amides is 1. The fraction of sp³-hybridized carbons (Fsp3) is 0.231. The third kappa shape index (κ3) is 4.22. The molecule has 34 heavy (non-hydrogen) atoms. The summed E-state index contributed by atoms with van der Waals surface area (Å²) in [6.07, 6.45) is 3.62. The number of rotatable bonds is 6. The second-order valence-corrected chi connectivity index (χ2v) is 8.17. The van der Waals surface area contributed by atoms with Gasteiger partial charge in [-0.1, -0.05) is 0 Å². The van der Waals surface area contributed by atoms with Crippen molar-refractivity contribution in [3.63, 3.8) is 0 Å². The van der Waals surface area contributed by atoms with E-state index in [0.717, 1.165) is 28.6 Å². The van der Waals surface area contributed by atoms with E-state index in [9.17, 15) is 4.79 Å². The minimum absolute atomic E-state index is 0.168. The van der Waals surface area contributed by atoms with Crippen molar-refractivity contribution in [3.8, 4) is 22.9 Å². The molecule has 3 heterocycles. The molecule has 0 saturated carbocycles. The number of hydrogen-bond acceptors (Lipinski definition) is 5. The van der Waals surface area contributed by atoms with Crippen LogP contribution in [0.3, 0.4) is 0 Å². The number of ether oxygens (including phenoxy) is 3. The number of carbonyl (C=O) groups excluding carboxylic acids is 1. The Morgan fingerprint density at radius 3 is 2.56 bits per heavy atom. The Morgan fingerprint density at radius 1 is 1.06 bits per heavy atom. The quantitative estimate of drug-likeness (QED) is 0.462. The third-order valence-electron chi connectivity index (χ3n) is 5.86. The largest absolute Gasteiger partial charge is 0.486 e. The minimum Gasteiger partial charge on any atom is -0.486 e. The van der Waals surface area contributed by atoms with Gasteiger partial charge in [-0.3, -0.25) is 4.79 Å². The maximum Gasteiger partial charge on any atom is 0.257 e. The summed E-state index contributed by atoms with van der Waals surface area (Å²) in [5.74, 6) is 2.83. The van der Waals surface area contributed by atoms with E-state index in [0.29, 0.717) is 42.6 Å². The molecule has 2 aromatic carbocycles. The zero-order chi connectivity index (χ0) is 23.7. The van der Waals surface area contributed by atoms with Crippen molar-refractivity contribution in [2.45, 2.75) is 20.5 Å². The lowest BCUT2D eigenvalue weighted by Gasteiger charge is -2.20. The van der Waals surface area contributed by atoms with Crippen molar-refractivity contribution in [1.29, 1.82) is 0 Å². The Bertz CT molecular complexity index is 1340. The molecule has 0 atom stereocenters. The summed E-state index contributed by atoms with van der Waals surface area (Å²) in [7, 11) is 1.93. The normalized spacial score (nSPS) is 12.4. The Morgan fingerprint density at radius 2 is 1.82 bits per heavy atom. The highest BCUT2D eigenvalue weighted by Crippen LogP contribution is 2.33. The van der Waals surface area contributed by atoms with E-state index in [4.69, 9.17) is 14.2 Å². The molecule has 0 saturated heterocycles. The zero-order valence-electron chi connectivity index (χ0n) is 19.4. The first-order valence-electron chi connectivity index (χ1n) is 11.1. The molecule has 1 N–H and O–H groups in total. The lowest BCUT2D eigenvalue weighted by Crippen LogP contribution is -2.16. The minimum atomic E-state index is -0.168. The summed E-state index contributed by atoms with van der Waals surface area (Å²) >= 11 is 0. The van der Waals surface area contributed by atoms with Crippen LogP contribution in [0.4, 0.5) is 5.69 Å². The van der Waals surface area contributed by atoms with Crippen molar-refractivity contribution in [2.75, 3.05) is 18.5 Å². The second kappa shape index (κ2) is 8.97. The van der Waals surface area contributed by atoms with Crippen LogP contribution in [0.25, 0.3) is 5.69 Å². The van der Waals surface area contributed by atoms with E-state index < -0.39 is 0 Å². The number of aryl methyl sites for hydroxylation is 2. The lowest BCUT2D eigenvalue weighted by molar-refractivity contribution is 0.102. The first kappa shape index (κ1) is 21.6. The number of anilines is 1. The van der Waals surface area contributed by atoms with Gasteiger partial charge in [0.05, 0.1) is 5.56 Å². The molecule has 1 aliphatic rings. The number of imidazole rings is 1. The molecular formula is C26H26N4O4. The first-order valence-corrected chi connectivity index (χ1v) is 11.1. The smallest absolute Gasteiger partial charge is 0.257 e. The third-order valence-corrected chi connectivity index (χ3v) is 5.86. The molecular weight excluding hydrogens is 432 g/mol. The average molecular weight is 459 g/mol. The van der Waals surface area contributed by atoms with Crippen molar-refractivity contribution < 1.29 is 19.0 Å². The molecule has 2 aromatic heterocycles. The van der Waals surface area contributed by atoms with Gasteiger partial charge in [-0.05, 0) is 56.3 Å². The molecule has 0 bridgehead atoms. The summed E-state index contributed by atoms with van der Waals surface area (Å²) in [6.45, 7) is 5.37. The van der Waals surface area contributed by atoms with Gasteiger partial charge in [-0.25, -0.2) is 4.98 Å². The molecule has 8 heteroatoms. The van der Waals surface area contributed by atoms with E-state index >= 15 is 0 Å². The maximum atomic E-state index is 13.1. The number of carbonyl (C=O) groups is 1. The highest BCUT2D eigenvalue weighted by atomic mass is 16.6. The van der Waals surface area contributed by atoms with Gasteiger partial charge in [0, 0.05) is 48.3 Å². The molecule has 1 aliphatic heterocycles. The molecule has 0 aliphatic carbocycles. The average Bonchev–Trinajstić information content (AvgIpc) is 3.39. The van der Waals surface area contributed by atoms with E-state index in [1.165, 1.54) is 0 Å². The van der Waals surface area contributed by atoms with Crippen molar-refractivity contribution in [3.05, 3.63) is 83.7 Å². The van der Waals surface area contributed by atoms with Crippen LogP contribution in [0, 0.1) is 13.8 Å². The zero-order valence-corrected chi connectivity index (χ0v) is 19.4. The number of hydrogen-bond donors (Lipinski definition) is 1. The van der Waals surface area contributed by atoms with Crippen LogP contribution in [0.1, 0.15) is 27.6 Å². The predicted molar refractivity (Wildman–Crippen MR) is 128 cm³/mol. The van der Waals surface area contributed by atoms with Crippen LogP contribution < -0.4 is 19.5 Å². The topological polar surface area (TPSA) is 79.5 Å². The van der Waals surface area contributed by atoms with E-state index in [1.807, 2.05) is 84.8 Å². The Hall–Kier alpha value is -4.20. The van der Waals surface area contributed by atoms with E-state index in [2.05, 4.69) is 10.3 Å². The highest BCUT2D eigenvalue weighted by Gasteiger charge is 2.19. The van der Waals surface area contributed by atoms with Crippen LogP contribution in [0.2, 0.25) is 0 Å². The molecule has 174 valence electrons. The standard InChI is InChI=1S/C26H26N4O4/c1-17-14-22(18(2)30(17)20-6-9-23-24(15-20)33-13-12-32-23)26(31)28-19-4-7-21(8-5-19)34-16-25-27-10-11-29(25)3/h4-11,14-15H,12-13,16H2,1-3H3,(H,28,31). The van der Waals surface area contributed by atoms with Gasteiger partial charge < -0.3 is 28.7 Å². The van der Waals surface area contributed by atoms with Crippen LogP contribution >= 0.6 is 0 Å². The van der Waals surface area contributed by atoms with Gasteiger partial charge in [-0.15, -0.1) is 0 Å². The van der Waals surface area contributed by atoms with E-state index in [-0.39, 0.29) is 5.91 Å². The molecule has 5 rings (SSSR count). The van der Waals surface area contributed by atoms with Gasteiger partial charge >= 0.3 is 0 Å². The van der Waals surface area contributed by atoms with E-state index in [1.54, 1.807) is 6.20 Å². The van der Waals surface area contributed by atoms with Crippen molar-refractivity contribution in [2.24, 2.45) is 7.05 Å². The summed E-state index contributed by atoms with van der Waals surface area (Å²) < 4.78 is 21.1. The lowest BCUT2D eigenvalue weighted by atomic mass is 10.2. The Balaban J connectivity index is 1.29. The van der Waals surface area contributed by atoms with Gasteiger partial charge in [0.2, 0.25) is 0 Å². The highest BCUT2D eigenvalue weighted by molar-refractivity contribution is 6.05. The number of nitrogens with one attached hydrogen (secondary N) is 1. The fourth-order valence-electron chi connectivity index (χ4n) is 4.08. The molecule has 0 spiro atoms. The molecule has 0 radical (unpaired) electrons. The molecule has 8 nitrogen and oxygen atoms in total.